The fourth-order valence-electron chi connectivity index (χ4n) is 3.30. The minimum absolute atomic E-state index is 0.191. The molecule has 1 aromatic carbocycles. The van der Waals surface area contributed by atoms with Crippen molar-refractivity contribution in [1.82, 2.24) is 5.32 Å². The fraction of sp³-hybridized carbons (Fsp3) is 0.529. The number of aryl methyl sites for hydroxylation is 3. The number of benzene rings is 1. The van der Waals surface area contributed by atoms with Crippen LogP contribution in [-0.2, 0) is 11.8 Å². The van der Waals surface area contributed by atoms with Crippen molar-refractivity contribution in [2.45, 2.75) is 51.9 Å². The molecular weight excluding hydrogens is 218 g/mol. The first-order chi connectivity index (χ1) is 8.55. The maximum Gasteiger partial charge on any atom is 0.0346 e. The molecule has 18 heavy (non-hydrogen) atoms. The first-order valence-electron chi connectivity index (χ1n) is 7.03. The summed E-state index contributed by atoms with van der Waals surface area (Å²) in [5.41, 5.74) is 7.18. The summed E-state index contributed by atoms with van der Waals surface area (Å²) in [6, 6.07) is 4.77. The first-order valence-corrected chi connectivity index (χ1v) is 7.03. The van der Waals surface area contributed by atoms with Crippen LogP contribution in [0.1, 0.15) is 48.4 Å². The van der Waals surface area contributed by atoms with Gasteiger partial charge in [0, 0.05) is 18.2 Å². The number of allylic oxidation sites excluding steroid dienone is 1. The van der Waals surface area contributed by atoms with Gasteiger partial charge in [0.05, 0.1) is 0 Å². The van der Waals surface area contributed by atoms with Crippen molar-refractivity contribution >= 4 is 0 Å². The molecule has 0 bridgehead atoms. The topological polar surface area (TPSA) is 12.0 Å². The quantitative estimate of drug-likeness (QED) is 0.842. The van der Waals surface area contributed by atoms with E-state index in [1.54, 1.807) is 0 Å². The summed E-state index contributed by atoms with van der Waals surface area (Å²) < 4.78 is 0. The Morgan fingerprint density at radius 3 is 2.39 bits per heavy atom. The highest BCUT2D eigenvalue weighted by Crippen LogP contribution is 2.49. The average molecular weight is 243 g/mol. The van der Waals surface area contributed by atoms with Crippen LogP contribution in [0.5, 0.6) is 0 Å². The molecular formula is C17H25N. The van der Waals surface area contributed by atoms with Gasteiger partial charge < -0.3 is 5.32 Å². The maximum atomic E-state index is 4.25. The predicted molar refractivity (Wildman–Crippen MR) is 79.0 cm³/mol. The van der Waals surface area contributed by atoms with Gasteiger partial charge in [-0.15, -0.1) is 0 Å². The van der Waals surface area contributed by atoms with Gasteiger partial charge in [0.2, 0.25) is 0 Å². The minimum Gasteiger partial charge on any atom is -0.391 e. The maximum absolute atomic E-state index is 4.25. The average Bonchev–Trinajstić information content (AvgIpc) is 2.30. The Morgan fingerprint density at radius 2 is 1.94 bits per heavy atom. The van der Waals surface area contributed by atoms with Crippen LogP contribution >= 0.6 is 0 Å². The van der Waals surface area contributed by atoms with Crippen molar-refractivity contribution < 1.29 is 0 Å². The zero-order valence-electron chi connectivity index (χ0n) is 12.2. The van der Waals surface area contributed by atoms with E-state index in [1.165, 1.54) is 47.2 Å². The number of hydrogen-bond acceptors (Lipinski definition) is 1. The van der Waals surface area contributed by atoms with Gasteiger partial charge in [0.1, 0.15) is 0 Å². The van der Waals surface area contributed by atoms with E-state index < -0.39 is 0 Å². The second kappa shape index (κ2) is 4.79. The third-order valence-corrected chi connectivity index (χ3v) is 4.67. The van der Waals surface area contributed by atoms with E-state index in [4.69, 9.17) is 0 Å². The second-order valence-corrected chi connectivity index (χ2v) is 5.61. The third-order valence-electron chi connectivity index (χ3n) is 4.67. The Morgan fingerprint density at radius 1 is 1.28 bits per heavy atom. The molecule has 0 amide bonds. The monoisotopic (exact) mass is 243 g/mol. The molecule has 98 valence electrons. The van der Waals surface area contributed by atoms with Crippen LogP contribution in [0.3, 0.4) is 0 Å². The van der Waals surface area contributed by atoms with Gasteiger partial charge in [-0.1, -0.05) is 32.1 Å². The summed E-state index contributed by atoms with van der Waals surface area (Å²) in [6.07, 6.45) is 4.90. The summed E-state index contributed by atoms with van der Waals surface area (Å²) >= 11 is 0. The number of hydrogen-bond donors (Lipinski definition) is 1. The molecule has 2 rings (SSSR count). The molecule has 1 heteroatoms. The van der Waals surface area contributed by atoms with Crippen molar-refractivity contribution in [3.8, 4) is 0 Å². The van der Waals surface area contributed by atoms with Crippen LogP contribution in [0.4, 0.5) is 0 Å². The van der Waals surface area contributed by atoms with Crippen molar-refractivity contribution in [2.75, 3.05) is 7.05 Å². The lowest BCUT2D eigenvalue weighted by Crippen LogP contribution is -2.41. The van der Waals surface area contributed by atoms with E-state index in [-0.39, 0.29) is 5.41 Å². The van der Waals surface area contributed by atoms with Crippen LogP contribution in [0, 0.1) is 13.8 Å². The molecule has 0 saturated heterocycles. The van der Waals surface area contributed by atoms with Gasteiger partial charge >= 0.3 is 0 Å². The minimum atomic E-state index is 0.191. The zero-order chi connectivity index (χ0) is 13.3. The molecule has 1 fully saturated rings. The lowest BCUT2D eigenvalue weighted by atomic mass is 9.61. The molecule has 0 unspecified atom stereocenters. The Kier molecular flexibility index (Phi) is 3.52. The summed E-state index contributed by atoms with van der Waals surface area (Å²) in [5.74, 6) is 0. The Labute approximate surface area is 111 Å². The van der Waals surface area contributed by atoms with E-state index in [2.05, 4.69) is 44.8 Å². The van der Waals surface area contributed by atoms with Crippen molar-refractivity contribution in [2.24, 2.45) is 0 Å². The molecule has 0 heterocycles. The van der Waals surface area contributed by atoms with E-state index in [0.29, 0.717) is 0 Å². The molecule has 1 aliphatic carbocycles. The normalized spacial score (nSPS) is 17.1. The molecule has 1 aromatic rings. The molecule has 1 aliphatic rings. The molecule has 0 radical (unpaired) electrons. The summed E-state index contributed by atoms with van der Waals surface area (Å²) in [6.45, 7) is 10.9. The smallest absolute Gasteiger partial charge is 0.0346 e. The summed E-state index contributed by atoms with van der Waals surface area (Å²) in [7, 11) is 1.99. The Hall–Kier alpha value is -1.24. The molecule has 0 aliphatic heterocycles. The van der Waals surface area contributed by atoms with Gasteiger partial charge in [0.15, 0.2) is 0 Å². The molecule has 0 spiro atoms. The van der Waals surface area contributed by atoms with Gasteiger partial charge in [-0.3, -0.25) is 0 Å². The van der Waals surface area contributed by atoms with Crippen LogP contribution in [0.25, 0.3) is 0 Å². The van der Waals surface area contributed by atoms with E-state index in [0.717, 1.165) is 6.42 Å². The number of nitrogens with one attached hydrogen (secondary N) is 1. The highest BCUT2D eigenvalue weighted by atomic mass is 14.9. The standard InChI is InChI=1S/C17H25N/c1-6-15-11-16(13(3)10-12(15)2)17(8-7-9-17)14(4)18-5/h10-11,18H,4,6-9H2,1-3,5H3. The van der Waals surface area contributed by atoms with Crippen molar-refractivity contribution in [1.29, 1.82) is 0 Å². The highest BCUT2D eigenvalue weighted by molar-refractivity contribution is 5.47. The molecule has 1 N–H and O–H groups in total. The number of likely N-dealkylation sites (N-methyl/N-ethyl adjacent to an activating group) is 1. The van der Waals surface area contributed by atoms with E-state index >= 15 is 0 Å². The molecule has 0 aromatic heterocycles. The fourth-order valence-corrected chi connectivity index (χ4v) is 3.30. The van der Waals surface area contributed by atoms with Gasteiger partial charge in [0.25, 0.3) is 0 Å². The van der Waals surface area contributed by atoms with E-state index in [9.17, 15) is 0 Å². The van der Waals surface area contributed by atoms with Crippen LogP contribution < -0.4 is 5.32 Å². The lowest BCUT2D eigenvalue weighted by Gasteiger charge is -2.45. The van der Waals surface area contributed by atoms with Crippen LogP contribution in [0.15, 0.2) is 24.4 Å². The SMILES string of the molecule is C=C(NC)C1(c2cc(CC)c(C)cc2C)CCC1. The lowest BCUT2D eigenvalue weighted by molar-refractivity contribution is 0.282. The van der Waals surface area contributed by atoms with Crippen LogP contribution in [-0.4, -0.2) is 7.05 Å². The predicted octanol–water partition coefficient (Wildman–Crippen LogP) is 4.02. The largest absolute Gasteiger partial charge is 0.391 e. The number of rotatable bonds is 4. The van der Waals surface area contributed by atoms with Crippen LogP contribution in [0.2, 0.25) is 0 Å². The zero-order valence-corrected chi connectivity index (χ0v) is 12.2. The molecule has 1 nitrogen and oxygen atoms in total. The summed E-state index contributed by atoms with van der Waals surface area (Å²) in [4.78, 5) is 0. The first kappa shape index (κ1) is 13.2. The van der Waals surface area contributed by atoms with Crippen molar-refractivity contribution in [3.63, 3.8) is 0 Å². The molecule has 0 atom stereocenters. The highest BCUT2D eigenvalue weighted by Gasteiger charge is 2.42. The van der Waals surface area contributed by atoms with Gasteiger partial charge in [-0.2, -0.15) is 0 Å². The third kappa shape index (κ3) is 1.86. The van der Waals surface area contributed by atoms with E-state index in [1.807, 2.05) is 7.05 Å². The van der Waals surface area contributed by atoms with Gasteiger partial charge in [-0.25, -0.2) is 0 Å². The summed E-state index contributed by atoms with van der Waals surface area (Å²) in [5, 5.41) is 3.29. The Balaban J connectivity index is 2.52. The second-order valence-electron chi connectivity index (χ2n) is 5.61. The van der Waals surface area contributed by atoms with Gasteiger partial charge in [-0.05, 0) is 55.4 Å². The Bertz CT molecular complexity index is 467. The molecule has 1 saturated carbocycles. The van der Waals surface area contributed by atoms with Crippen molar-refractivity contribution in [3.05, 3.63) is 46.7 Å².